The third kappa shape index (κ3) is 4.15. The Morgan fingerprint density at radius 1 is 1.52 bits per heavy atom. The van der Waals surface area contributed by atoms with Gasteiger partial charge >= 0.3 is 5.97 Å². The molecule has 1 saturated heterocycles. The van der Waals surface area contributed by atoms with E-state index < -0.39 is 5.97 Å². The number of hydrogen-bond donors (Lipinski definition) is 1. The summed E-state index contributed by atoms with van der Waals surface area (Å²) in [7, 11) is 0. The van der Waals surface area contributed by atoms with E-state index in [0.717, 1.165) is 19.4 Å². The first-order valence-electron chi connectivity index (χ1n) is 6.99. The van der Waals surface area contributed by atoms with E-state index in [1.165, 1.54) is 4.88 Å². The average molecular weight is 308 g/mol. The lowest BCUT2D eigenvalue weighted by atomic mass is 10.2. The third-order valence-corrected chi connectivity index (χ3v) is 4.52. The minimum absolute atomic E-state index is 0.00556. The van der Waals surface area contributed by atoms with Gasteiger partial charge in [-0.25, -0.2) is 0 Å². The summed E-state index contributed by atoms with van der Waals surface area (Å²) in [6.07, 6.45) is 3.60. The Kier molecular flexibility index (Phi) is 5.52. The van der Waals surface area contributed by atoms with Gasteiger partial charge in [-0.3, -0.25) is 14.5 Å². The van der Waals surface area contributed by atoms with Crippen molar-refractivity contribution in [2.45, 2.75) is 18.9 Å². The fourth-order valence-electron chi connectivity index (χ4n) is 2.68. The highest BCUT2D eigenvalue weighted by Gasteiger charge is 2.31. The highest BCUT2D eigenvalue weighted by molar-refractivity contribution is 7.10. The van der Waals surface area contributed by atoms with Gasteiger partial charge in [0.15, 0.2) is 0 Å². The number of carbonyl (C=O) groups is 2. The van der Waals surface area contributed by atoms with Crippen LogP contribution in [0.4, 0.5) is 0 Å². The number of carboxylic acids is 1. The van der Waals surface area contributed by atoms with Crippen molar-refractivity contribution in [3.63, 3.8) is 0 Å². The van der Waals surface area contributed by atoms with Crippen LogP contribution in [0.25, 0.3) is 0 Å². The Hall–Kier alpha value is -1.66. The second-order valence-electron chi connectivity index (χ2n) is 5.11. The van der Waals surface area contributed by atoms with Crippen LogP contribution in [0.15, 0.2) is 30.2 Å². The van der Waals surface area contributed by atoms with Crippen molar-refractivity contribution in [1.82, 2.24) is 9.80 Å². The summed E-state index contributed by atoms with van der Waals surface area (Å²) in [5.41, 5.74) is 0. The van der Waals surface area contributed by atoms with Crippen LogP contribution in [0.5, 0.6) is 0 Å². The van der Waals surface area contributed by atoms with Crippen molar-refractivity contribution in [1.29, 1.82) is 0 Å². The number of carbonyl (C=O) groups excluding carboxylic acids is 1. The van der Waals surface area contributed by atoms with Crippen molar-refractivity contribution in [2.24, 2.45) is 0 Å². The molecule has 114 valence electrons. The molecule has 0 bridgehead atoms. The zero-order valence-electron chi connectivity index (χ0n) is 11.9. The quantitative estimate of drug-likeness (QED) is 0.783. The van der Waals surface area contributed by atoms with Gasteiger partial charge in [-0.05, 0) is 24.3 Å². The first-order chi connectivity index (χ1) is 10.1. The molecule has 1 aliphatic heterocycles. The van der Waals surface area contributed by atoms with Gasteiger partial charge < -0.3 is 10.0 Å². The molecule has 1 unspecified atom stereocenters. The Morgan fingerprint density at radius 3 is 2.95 bits per heavy atom. The fourth-order valence-corrected chi connectivity index (χ4v) is 3.56. The van der Waals surface area contributed by atoms with E-state index in [0.29, 0.717) is 6.54 Å². The van der Waals surface area contributed by atoms with Crippen LogP contribution < -0.4 is 0 Å². The molecule has 1 N–H and O–H groups in total. The number of hydrogen-bond acceptors (Lipinski definition) is 4. The van der Waals surface area contributed by atoms with Crippen LogP contribution in [0.2, 0.25) is 0 Å². The highest BCUT2D eigenvalue weighted by atomic mass is 32.1. The van der Waals surface area contributed by atoms with Gasteiger partial charge in [-0.2, -0.15) is 0 Å². The topological polar surface area (TPSA) is 60.9 Å². The maximum Gasteiger partial charge on any atom is 0.317 e. The summed E-state index contributed by atoms with van der Waals surface area (Å²) in [5.74, 6) is -0.935. The van der Waals surface area contributed by atoms with E-state index in [2.05, 4.69) is 12.6 Å². The molecule has 0 radical (unpaired) electrons. The first kappa shape index (κ1) is 15.7. The predicted octanol–water partition coefficient (Wildman–Crippen LogP) is 1.98. The minimum atomic E-state index is -0.930. The van der Waals surface area contributed by atoms with Crippen LogP contribution in [-0.2, 0) is 9.59 Å². The van der Waals surface area contributed by atoms with Crippen LogP contribution >= 0.6 is 11.3 Å². The number of nitrogens with zero attached hydrogens (tertiary/aromatic N) is 2. The fraction of sp³-hybridized carbons (Fsp3) is 0.467. The molecule has 0 spiro atoms. The predicted molar refractivity (Wildman–Crippen MR) is 82.3 cm³/mol. The standard InChI is InChI=1S/C15H20N2O3S/c1-2-7-16(11-15(19)20)10-14(18)17-8-3-5-12(17)13-6-4-9-21-13/h2,4,6,9,12H,1,3,5,7-8,10-11H2,(H,19,20). The Balaban J connectivity index is 2.00. The molecule has 2 heterocycles. The summed E-state index contributed by atoms with van der Waals surface area (Å²) in [4.78, 5) is 28.0. The van der Waals surface area contributed by atoms with E-state index in [1.807, 2.05) is 16.3 Å². The molecule has 0 aliphatic carbocycles. The molecule has 0 aromatic carbocycles. The molecular formula is C15H20N2O3S. The molecule has 1 atom stereocenters. The van der Waals surface area contributed by atoms with Gasteiger partial charge in [-0.15, -0.1) is 17.9 Å². The van der Waals surface area contributed by atoms with Gasteiger partial charge in [0.25, 0.3) is 0 Å². The largest absolute Gasteiger partial charge is 0.480 e. The lowest BCUT2D eigenvalue weighted by Crippen LogP contribution is -2.41. The van der Waals surface area contributed by atoms with Gasteiger partial charge in [0, 0.05) is 18.0 Å². The zero-order valence-corrected chi connectivity index (χ0v) is 12.7. The third-order valence-electron chi connectivity index (χ3n) is 3.55. The van der Waals surface area contributed by atoms with Crippen LogP contribution in [-0.4, -0.2) is 53.0 Å². The molecule has 1 aromatic heterocycles. The van der Waals surface area contributed by atoms with E-state index in [1.54, 1.807) is 22.3 Å². The van der Waals surface area contributed by atoms with E-state index in [9.17, 15) is 9.59 Å². The molecule has 2 rings (SSSR count). The summed E-state index contributed by atoms with van der Waals surface area (Å²) >= 11 is 1.66. The molecule has 21 heavy (non-hydrogen) atoms. The number of aliphatic carboxylic acids is 1. The van der Waals surface area contributed by atoms with Crippen LogP contribution in [0.1, 0.15) is 23.8 Å². The van der Waals surface area contributed by atoms with Crippen molar-refractivity contribution in [3.8, 4) is 0 Å². The summed E-state index contributed by atoms with van der Waals surface area (Å²) in [6.45, 7) is 4.74. The Labute approximate surface area is 128 Å². The second-order valence-corrected chi connectivity index (χ2v) is 6.09. The van der Waals surface area contributed by atoms with Gasteiger partial charge in [0.05, 0.1) is 19.1 Å². The van der Waals surface area contributed by atoms with Gasteiger partial charge in [0.1, 0.15) is 0 Å². The number of carboxylic acid groups (broad SMARTS) is 1. The first-order valence-corrected chi connectivity index (χ1v) is 7.87. The van der Waals surface area contributed by atoms with E-state index in [-0.39, 0.29) is 25.0 Å². The monoisotopic (exact) mass is 308 g/mol. The minimum Gasteiger partial charge on any atom is -0.480 e. The number of likely N-dealkylation sites (tertiary alicyclic amines) is 1. The SMILES string of the molecule is C=CCN(CC(=O)O)CC(=O)N1CCCC1c1cccs1. The Morgan fingerprint density at radius 2 is 2.33 bits per heavy atom. The molecule has 1 amide bonds. The molecule has 5 nitrogen and oxygen atoms in total. The van der Waals surface area contributed by atoms with E-state index >= 15 is 0 Å². The van der Waals surface area contributed by atoms with Crippen LogP contribution in [0, 0.1) is 0 Å². The molecule has 6 heteroatoms. The second kappa shape index (κ2) is 7.38. The van der Waals surface area contributed by atoms with E-state index in [4.69, 9.17) is 5.11 Å². The van der Waals surface area contributed by atoms with Crippen molar-refractivity contribution < 1.29 is 14.7 Å². The van der Waals surface area contributed by atoms with Crippen molar-refractivity contribution >= 4 is 23.2 Å². The maximum atomic E-state index is 12.5. The molecule has 1 aliphatic rings. The van der Waals surface area contributed by atoms with Crippen molar-refractivity contribution in [3.05, 3.63) is 35.0 Å². The summed E-state index contributed by atoms with van der Waals surface area (Å²) in [5, 5.41) is 10.9. The normalized spacial score (nSPS) is 18.1. The maximum absolute atomic E-state index is 12.5. The molecule has 0 saturated carbocycles. The zero-order chi connectivity index (χ0) is 15.2. The summed E-state index contributed by atoms with van der Waals surface area (Å²) < 4.78 is 0. The highest BCUT2D eigenvalue weighted by Crippen LogP contribution is 2.34. The van der Waals surface area contributed by atoms with Crippen molar-refractivity contribution in [2.75, 3.05) is 26.2 Å². The molecule has 1 aromatic rings. The number of amides is 1. The van der Waals surface area contributed by atoms with Gasteiger partial charge in [-0.1, -0.05) is 12.1 Å². The smallest absolute Gasteiger partial charge is 0.317 e. The summed E-state index contributed by atoms with van der Waals surface area (Å²) in [6, 6.07) is 4.20. The van der Waals surface area contributed by atoms with Gasteiger partial charge in [0.2, 0.25) is 5.91 Å². The Bertz CT molecular complexity index is 501. The lowest BCUT2D eigenvalue weighted by Gasteiger charge is -2.27. The average Bonchev–Trinajstić information content (AvgIpc) is 3.09. The van der Waals surface area contributed by atoms with Crippen LogP contribution in [0.3, 0.4) is 0 Å². The number of rotatable bonds is 7. The lowest BCUT2D eigenvalue weighted by molar-refractivity contribution is -0.139. The molecular weight excluding hydrogens is 288 g/mol. The molecule has 1 fully saturated rings. The number of thiophene rings is 1.